The van der Waals surface area contributed by atoms with E-state index < -0.39 is 12.0 Å². The van der Waals surface area contributed by atoms with Gasteiger partial charge in [-0.05, 0) is 18.1 Å². The monoisotopic (exact) mass is 253 g/mol. The maximum atomic E-state index is 10.4. The molecule has 0 aromatic carbocycles. The van der Waals surface area contributed by atoms with E-state index in [9.17, 15) is 4.79 Å². The number of nitrogen functional groups attached to an aromatic ring is 1. The number of anilines is 1. The van der Waals surface area contributed by atoms with Crippen molar-refractivity contribution in [2.24, 2.45) is 5.73 Å². The lowest BCUT2D eigenvalue weighted by Gasteiger charge is -2.05. The molecule has 0 radical (unpaired) electrons. The third-order valence-corrected chi connectivity index (χ3v) is 1.62. The average Bonchev–Trinajstić information content (AvgIpc) is 2.08. The first-order valence-corrected chi connectivity index (χ1v) is 3.78. The van der Waals surface area contributed by atoms with Crippen molar-refractivity contribution in [2.75, 3.05) is 5.73 Å². The zero-order chi connectivity index (χ0) is 9.84. The summed E-state index contributed by atoms with van der Waals surface area (Å²) in [6, 6.07) is 2.44. The van der Waals surface area contributed by atoms with Crippen LogP contribution in [0.2, 0.25) is 0 Å². The summed E-state index contributed by atoms with van der Waals surface area (Å²) in [4.78, 5) is 14.2. The second-order valence-corrected chi connectivity index (χ2v) is 2.74. The van der Waals surface area contributed by atoms with Crippen molar-refractivity contribution >= 4 is 36.6 Å². The van der Waals surface area contributed by atoms with Crippen LogP contribution < -0.4 is 11.5 Å². The number of hydrogen-bond acceptors (Lipinski definition) is 4. The van der Waals surface area contributed by atoms with Gasteiger partial charge in [-0.15, -0.1) is 24.8 Å². The maximum absolute atomic E-state index is 10.4. The van der Waals surface area contributed by atoms with Gasteiger partial charge >= 0.3 is 5.97 Å². The Hall–Kier alpha value is -1.04. The number of nitrogens with zero attached hydrogens (tertiary/aromatic N) is 1. The topological polar surface area (TPSA) is 102 Å². The van der Waals surface area contributed by atoms with Crippen LogP contribution in [0.25, 0.3) is 0 Å². The minimum Gasteiger partial charge on any atom is -0.480 e. The fourth-order valence-electron chi connectivity index (χ4n) is 0.898. The van der Waals surface area contributed by atoms with Crippen molar-refractivity contribution in [1.82, 2.24) is 4.98 Å². The smallest absolute Gasteiger partial charge is 0.320 e. The fourth-order valence-corrected chi connectivity index (χ4v) is 0.898. The molecule has 15 heavy (non-hydrogen) atoms. The zero-order valence-corrected chi connectivity index (χ0v) is 9.42. The molecule has 0 unspecified atom stereocenters. The van der Waals surface area contributed by atoms with Gasteiger partial charge in [0, 0.05) is 6.20 Å². The van der Waals surface area contributed by atoms with E-state index in [1.807, 2.05) is 0 Å². The number of halogens is 2. The molecule has 0 aliphatic carbocycles. The zero-order valence-electron chi connectivity index (χ0n) is 7.79. The molecule has 1 aromatic heterocycles. The van der Waals surface area contributed by atoms with Crippen LogP contribution in [0.15, 0.2) is 18.3 Å². The number of carbonyl (C=O) groups is 1. The molecular formula is C8H13Cl2N3O2. The Kier molecular flexibility index (Phi) is 7.95. The third-order valence-electron chi connectivity index (χ3n) is 1.62. The van der Waals surface area contributed by atoms with Crippen LogP contribution in [0, 0.1) is 0 Å². The molecule has 0 aliphatic heterocycles. The lowest BCUT2D eigenvalue weighted by molar-refractivity contribution is -0.138. The summed E-state index contributed by atoms with van der Waals surface area (Å²) in [5.74, 6) is -0.607. The van der Waals surface area contributed by atoms with Gasteiger partial charge in [-0.1, -0.05) is 6.07 Å². The molecule has 1 atom stereocenters. The first kappa shape index (κ1) is 16.4. The minimum absolute atomic E-state index is 0. The molecule has 1 rings (SSSR count). The molecule has 1 aromatic rings. The predicted octanol–water partition coefficient (Wildman–Crippen LogP) is 0.462. The molecule has 0 amide bonds. The summed E-state index contributed by atoms with van der Waals surface area (Å²) in [5.41, 5.74) is 11.5. The van der Waals surface area contributed by atoms with Gasteiger partial charge in [0.05, 0.1) is 0 Å². The standard InChI is InChI=1S/C8H11N3O2.2ClH/c9-6(8(12)13)3-5-1-2-7(10)11-4-5;;/h1-2,4,6H,3,9H2,(H2,10,11)(H,12,13);2*1H/t6-;;/m0../s1. The molecule has 0 spiro atoms. The maximum Gasteiger partial charge on any atom is 0.320 e. The highest BCUT2D eigenvalue weighted by Gasteiger charge is 2.11. The number of aromatic nitrogens is 1. The molecule has 1 heterocycles. The highest BCUT2D eigenvalue weighted by Crippen LogP contribution is 2.03. The number of nitrogens with two attached hydrogens (primary N) is 2. The lowest BCUT2D eigenvalue weighted by atomic mass is 10.1. The van der Waals surface area contributed by atoms with Crippen molar-refractivity contribution < 1.29 is 9.90 Å². The first-order valence-electron chi connectivity index (χ1n) is 3.78. The molecule has 86 valence electrons. The third kappa shape index (κ3) is 5.41. The summed E-state index contributed by atoms with van der Waals surface area (Å²) in [6.07, 6.45) is 1.79. The molecule has 0 fully saturated rings. The Morgan fingerprint density at radius 2 is 2.07 bits per heavy atom. The molecule has 0 bridgehead atoms. The Labute approximate surface area is 99.7 Å². The molecule has 0 saturated heterocycles. The van der Waals surface area contributed by atoms with E-state index in [4.69, 9.17) is 16.6 Å². The predicted molar refractivity (Wildman–Crippen MR) is 62.5 cm³/mol. The molecule has 5 N–H and O–H groups in total. The Morgan fingerprint density at radius 1 is 1.47 bits per heavy atom. The van der Waals surface area contributed by atoms with E-state index in [1.165, 1.54) is 6.20 Å². The highest BCUT2D eigenvalue weighted by molar-refractivity contribution is 5.85. The average molecular weight is 254 g/mol. The molecule has 0 aliphatic rings. The van der Waals surface area contributed by atoms with Crippen LogP contribution in [-0.4, -0.2) is 22.1 Å². The summed E-state index contributed by atoms with van der Waals surface area (Å²) >= 11 is 0. The summed E-state index contributed by atoms with van der Waals surface area (Å²) in [5, 5.41) is 8.53. The SMILES string of the molecule is Cl.Cl.Nc1ccc(C[C@H](N)C(=O)O)cn1. The summed E-state index contributed by atoms with van der Waals surface area (Å²) < 4.78 is 0. The normalized spacial score (nSPS) is 10.7. The van der Waals surface area contributed by atoms with Crippen molar-refractivity contribution in [2.45, 2.75) is 12.5 Å². The van der Waals surface area contributed by atoms with Crippen molar-refractivity contribution in [3.8, 4) is 0 Å². The van der Waals surface area contributed by atoms with E-state index in [0.29, 0.717) is 5.82 Å². The van der Waals surface area contributed by atoms with Crippen molar-refractivity contribution in [3.05, 3.63) is 23.9 Å². The second kappa shape index (κ2) is 7.28. The minimum atomic E-state index is -1.02. The van der Waals surface area contributed by atoms with Gasteiger partial charge in [0.1, 0.15) is 11.9 Å². The second-order valence-electron chi connectivity index (χ2n) is 2.74. The fraction of sp³-hybridized carbons (Fsp3) is 0.250. The van der Waals surface area contributed by atoms with Gasteiger partial charge < -0.3 is 16.6 Å². The number of carboxylic acids is 1. The van der Waals surface area contributed by atoms with Crippen molar-refractivity contribution in [1.29, 1.82) is 0 Å². The lowest BCUT2D eigenvalue weighted by Crippen LogP contribution is -2.32. The van der Waals surface area contributed by atoms with Gasteiger partial charge in [0.2, 0.25) is 0 Å². The summed E-state index contributed by atoms with van der Waals surface area (Å²) in [6.45, 7) is 0. The Morgan fingerprint density at radius 3 is 2.47 bits per heavy atom. The van der Waals surface area contributed by atoms with E-state index in [0.717, 1.165) is 5.56 Å². The van der Waals surface area contributed by atoms with Gasteiger partial charge in [-0.3, -0.25) is 4.79 Å². The highest BCUT2D eigenvalue weighted by atomic mass is 35.5. The molecular weight excluding hydrogens is 241 g/mol. The van der Waals surface area contributed by atoms with Crippen LogP contribution in [0.1, 0.15) is 5.56 Å². The van der Waals surface area contributed by atoms with E-state index >= 15 is 0 Å². The van der Waals surface area contributed by atoms with E-state index in [2.05, 4.69) is 4.98 Å². The summed E-state index contributed by atoms with van der Waals surface area (Å²) in [7, 11) is 0. The van der Waals surface area contributed by atoms with E-state index in [-0.39, 0.29) is 31.2 Å². The molecule has 0 saturated carbocycles. The number of aliphatic carboxylic acids is 1. The quantitative estimate of drug-likeness (QED) is 0.727. The van der Waals surface area contributed by atoms with Crippen LogP contribution in [0.4, 0.5) is 5.82 Å². The Bertz CT molecular complexity index is 305. The van der Waals surface area contributed by atoms with Crippen LogP contribution in [0.3, 0.4) is 0 Å². The number of hydrogen-bond donors (Lipinski definition) is 3. The molecule has 7 heteroatoms. The van der Waals surface area contributed by atoms with Crippen LogP contribution in [-0.2, 0) is 11.2 Å². The number of carboxylic acid groups (broad SMARTS) is 1. The van der Waals surface area contributed by atoms with Crippen molar-refractivity contribution in [3.63, 3.8) is 0 Å². The number of pyridine rings is 1. The first-order chi connectivity index (χ1) is 6.09. The van der Waals surface area contributed by atoms with Gasteiger partial charge in [-0.25, -0.2) is 4.98 Å². The largest absolute Gasteiger partial charge is 0.480 e. The van der Waals surface area contributed by atoms with Gasteiger partial charge in [0.15, 0.2) is 0 Å². The van der Waals surface area contributed by atoms with E-state index in [1.54, 1.807) is 12.1 Å². The van der Waals surface area contributed by atoms with Crippen LogP contribution >= 0.6 is 24.8 Å². The van der Waals surface area contributed by atoms with Gasteiger partial charge in [-0.2, -0.15) is 0 Å². The van der Waals surface area contributed by atoms with Gasteiger partial charge in [0.25, 0.3) is 0 Å². The Balaban J connectivity index is 0. The number of rotatable bonds is 3. The van der Waals surface area contributed by atoms with Crippen LogP contribution in [0.5, 0.6) is 0 Å². The molecule has 5 nitrogen and oxygen atoms in total.